The molecule has 1 heterocycles. The van der Waals surface area contributed by atoms with Crippen molar-refractivity contribution in [1.29, 1.82) is 0 Å². The number of hydrazone groups is 1. The normalized spacial score (nSPS) is 20.0. The number of carbonyl (C=O) groups excluding carboxylic acids is 2. The second-order valence-electron chi connectivity index (χ2n) is 5.73. The van der Waals surface area contributed by atoms with E-state index in [4.69, 9.17) is 0 Å². The lowest BCUT2D eigenvalue weighted by Crippen LogP contribution is -2.48. The molecule has 2 aromatic carbocycles. The molecule has 2 aromatic rings. The number of benzene rings is 2. The number of rotatable bonds is 3. The van der Waals surface area contributed by atoms with Crippen LogP contribution in [-0.2, 0) is 10.2 Å². The van der Waals surface area contributed by atoms with Crippen LogP contribution in [-0.4, -0.2) is 33.0 Å². The molecule has 6 heteroatoms. The van der Waals surface area contributed by atoms with Crippen molar-refractivity contribution in [2.75, 3.05) is 0 Å². The Balaban J connectivity index is 1.92. The molecule has 1 atom stereocenters. The maximum absolute atomic E-state index is 12.9. The first-order chi connectivity index (χ1) is 11.5. The smallest absolute Gasteiger partial charge is 0.269 e. The summed E-state index contributed by atoms with van der Waals surface area (Å²) in [5, 5.41) is 15.3. The van der Waals surface area contributed by atoms with E-state index in [1.54, 1.807) is 44.2 Å². The number of hydrogen-bond donors (Lipinski definition) is 1. The van der Waals surface area contributed by atoms with E-state index in [-0.39, 0.29) is 10.7 Å². The van der Waals surface area contributed by atoms with Crippen molar-refractivity contribution in [2.45, 2.75) is 19.3 Å². The minimum absolute atomic E-state index is 0.258. The van der Waals surface area contributed by atoms with Gasteiger partial charge >= 0.3 is 0 Å². The molecular weight excluding hydrogens is 306 g/mol. The van der Waals surface area contributed by atoms with Crippen LogP contribution in [0.1, 0.15) is 29.8 Å². The number of nitrogens with zero attached hydrogens (tertiary/aromatic N) is 3. The first-order valence-electron chi connectivity index (χ1n) is 7.50. The summed E-state index contributed by atoms with van der Waals surface area (Å²) in [5.41, 5.74) is 0.478. The molecule has 0 spiro atoms. The van der Waals surface area contributed by atoms with Gasteiger partial charge in [0.05, 0.1) is 5.71 Å². The quantitative estimate of drug-likeness (QED) is 0.697. The molecule has 1 aliphatic heterocycles. The van der Waals surface area contributed by atoms with Crippen molar-refractivity contribution in [3.05, 3.63) is 71.8 Å². The van der Waals surface area contributed by atoms with Crippen molar-refractivity contribution >= 4 is 17.5 Å². The third-order valence-corrected chi connectivity index (χ3v) is 4.31. The van der Waals surface area contributed by atoms with Crippen LogP contribution in [0.5, 0.6) is 0 Å². The van der Waals surface area contributed by atoms with Crippen molar-refractivity contribution in [3.8, 4) is 0 Å². The first-order valence-corrected chi connectivity index (χ1v) is 7.50. The molecule has 24 heavy (non-hydrogen) atoms. The van der Waals surface area contributed by atoms with Gasteiger partial charge in [-0.3, -0.25) is 14.8 Å². The molecule has 0 aliphatic carbocycles. The molecule has 0 aromatic heterocycles. The molecular formula is C18H17N3O3. The van der Waals surface area contributed by atoms with Gasteiger partial charge in [0.1, 0.15) is 5.41 Å². The van der Waals surface area contributed by atoms with Crippen molar-refractivity contribution < 1.29 is 14.8 Å². The van der Waals surface area contributed by atoms with Gasteiger partial charge in [0.15, 0.2) is 0 Å². The van der Waals surface area contributed by atoms with Crippen molar-refractivity contribution in [3.63, 3.8) is 0 Å². The molecule has 1 N–H and O–H groups in total. The van der Waals surface area contributed by atoms with Crippen LogP contribution >= 0.6 is 0 Å². The van der Waals surface area contributed by atoms with Gasteiger partial charge in [0.2, 0.25) is 0 Å². The number of carbonyl (C=O) groups is 2. The second kappa shape index (κ2) is 5.90. The minimum atomic E-state index is -1.03. The van der Waals surface area contributed by atoms with E-state index >= 15 is 0 Å². The van der Waals surface area contributed by atoms with Gasteiger partial charge in [-0.2, -0.15) is 5.10 Å². The monoisotopic (exact) mass is 323 g/mol. The van der Waals surface area contributed by atoms with Crippen LogP contribution in [0.2, 0.25) is 0 Å². The van der Waals surface area contributed by atoms with Crippen LogP contribution in [0.25, 0.3) is 0 Å². The van der Waals surface area contributed by atoms with Crippen molar-refractivity contribution in [1.82, 2.24) is 10.3 Å². The number of hydrogen-bond acceptors (Lipinski definition) is 4. The van der Waals surface area contributed by atoms with Crippen molar-refractivity contribution in [2.24, 2.45) is 5.10 Å². The molecule has 1 unspecified atom stereocenters. The van der Waals surface area contributed by atoms with E-state index < -0.39 is 17.2 Å². The summed E-state index contributed by atoms with van der Waals surface area (Å²) >= 11 is 0. The fourth-order valence-corrected chi connectivity index (χ4v) is 2.66. The van der Waals surface area contributed by atoms with Gasteiger partial charge in [-0.15, -0.1) is 5.12 Å². The van der Waals surface area contributed by atoms with E-state index in [0.717, 1.165) is 10.7 Å². The first kappa shape index (κ1) is 15.9. The Morgan fingerprint density at radius 1 is 1.08 bits per heavy atom. The Labute approximate surface area is 139 Å². The van der Waals surface area contributed by atoms with Gasteiger partial charge in [0.25, 0.3) is 11.8 Å². The summed E-state index contributed by atoms with van der Waals surface area (Å²) < 4.78 is 0. The highest BCUT2D eigenvalue weighted by molar-refractivity contribution is 6.16. The zero-order valence-corrected chi connectivity index (χ0v) is 13.4. The fourth-order valence-electron chi connectivity index (χ4n) is 2.66. The molecule has 0 saturated carbocycles. The minimum Gasteiger partial charge on any atom is -0.269 e. The summed E-state index contributed by atoms with van der Waals surface area (Å²) in [6.07, 6.45) is 0. The highest BCUT2D eigenvalue weighted by Gasteiger charge is 2.49. The lowest BCUT2D eigenvalue weighted by atomic mass is 9.78. The molecule has 0 saturated heterocycles. The van der Waals surface area contributed by atoms with E-state index in [2.05, 4.69) is 5.10 Å². The third kappa shape index (κ3) is 2.37. The molecule has 2 amide bonds. The lowest BCUT2D eigenvalue weighted by Gasteiger charge is -2.26. The largest absolute Gasteiger partial charge is 0.299 e. The zero-order valence-electron chi connectivity index (χ0n) is 13.4. The Bertz CT molecular complexity index is 805. The SMILES string of the molecule is CC1=NN(N(O)C(=O)c2ccccc2)C(=O)C1(C)c1ccccc1. The average Bonchev–Trinajstić information content (AvgIpc) is 2.87. The molecule has 6 nitrogen and oxygen atoms in total. The topological polar surface area (TPSA) is 73.2 Å². The standard InChI is InChI=1S/C18H17N3O3/c1-13-18(2,15-11-7-4-8-12-15)17(23)20(19-13)21(24)16(22)14-9-5-3-6-10-14/h3-12,24H,1-2H3. The summed E-state index contributed by atoms with van der Waals surface area (Å²) in [6.45, 7) is 3.43. The Morgan fingerprint density at radius 2 is 1.62 bits per heavy atom. The molecule has 122 valence electrons. The number of hydrazine groups is 1. The number of amides is 2. The predicted molar refractivity (Wildman–Crippen MR) is 88.1 cm³/mol. The third-order valence-electron chi connectivity index (χ3n) is 4.31. The van der Waals surface area contributed by atoms with E-state index in [1.165, 1.54) is 0 Å². The Kier molecular flexibility index (Phi) is 3.91. The average molecular weight is 323 g/mol. The zero-order chi connectivity index (χ0) is 17.3. The van der Waals surface area contributed by atoms with Gasteiger partial charge < -0.3 is 0 Å². The van der Waals surface area contributed by atoms with Crippen LogP contribution in [0.15, 0.2) is 65.8 Å². The highest BCUT2D eigenvalue weighted by atomic mass is 16.6. The molecule has 3 rings (SSSR count). The van der Waals surface area contributed by atoms with Crippen LogP contribution in [0.4, 0.5) is 0 Å². The van der Waals surface area contributed by atoms with Gasteiger partial charge in [-0.05, 0) is 31.5 Å². The molecule has 0 radical (unpaired) electrons. The fraction of sp³-hybridized carbons (Fsp3) is 0.167. The number of hydroxylamine groups is 1. The molecule has 1 aliphatic rings. The highest BCUT2D eigenvalue weighted by Crippen LogP contribution is 2.33. The lowest BCUT2D eigenvalue weighted by molar-refractivity contribution is -0.206. The second-order valence-corrected chi connectivity index (χ2v) is 5.73. The Hall–Kier alpha value is -2.99. The summed E-state index contributed by atoms with van der Waals surface area (Å²) in [7, 11) is 0. The summed E-state index contributed by atoms with van der Waals surface area (Å²) in [6, 6.07) is 17.4. The van der Waals surface area contributed by atoms with E-state index in [9.17, 15) is 14.8 Å². The maximum atomic E-state index is 12.9. The van der Waals surface area contributed by atoms with Crippen LogP contribution in [0.3, 0.4) is 0 Å². The molecule has 0 fully saturated rings. The van der Waals surface area contributed by atoms with Crippen LogP contribution in [0, 0.1) is 0 Å². The van der Waals surface area contributed by atoms with E-state index in [0.29, 0.717) is 5.71 Å². The summed E-state index contributed by atoms with van der Waals surface area (Å²) in [4.78, 5) is 25.2. The Morgan fingerprint density at radius 3 is 2.21 bits per heavy atom. The van der Waals surface area contributed by atoms with E-state index in [1.807, 2.05) is 30.3 Å². The maximum Gasteiger partial charge on any atom is 0.299 e. The van der Waals surface area contributed by atoms with Crippen LogP contribution < -0.4 is 0 Å². The van der Waals surface area contributed by atoms with Gasteiger partial charge in [-0.25, -0.2) is 0 Å². The van der Waals surface area contributed by atoms with Gasteiger partial charge in [0, 0.05) is 5.56 Å². The summed E-state index contributed by atoms with van der Waals surface area (Å²) in [5.74, 6) is -1.21. The molecule has 0 bridgehead atoms. The predicted octanol–water partition coefficient (Wildman–Crippen LogP) is 2.61. The van der Waals surface area contributed by atoms with Gasteiger partial charge in [-0.1, -0.05) is 53.7 Å².